The lowest BCUT2D eigenvalue weighted by molar-refractivity contribution is -0.118. The van der Waals surface area contributed by atoms with Crippen molar-refractivity contribution in [3.8, 4) is 0 Å². The fourth-order valence-corrected chi connectivity index (χ4v) is 2.19. The minimum absolute atomic E-state index is 0.0393. The zero-order valence-corrected chi connectivity index (χ0v) is 10.5. The number of rotatable bonds is 3. The van der Waals surface area contributed by atoms with Crippen molar-refractivity contribution in [2.45, 2.75) is 32.2 Å². The molecule has 96 valence electrons. The van der Waals surface area contributed by atoms with E-state index in [1.165, 1.54) is 6.92 Å². The van der Waals surface area contributed by atoms with Gasteiger partial charge < -0.3 is 10.6 Å². The number of benzene rings is 1. The molecule has 1 aliphatic heterocycles. The summed E-state index contributed by atoms with van der Waals surface area (Å²) in [6.45, 7) is 2.39. The lowest BCUT2D eigenvalue weighted by Gasteiger charge is -2.22. The van der Waals surface area contributed by atoms with Crippen LogP contribution in [0.5, 0.6) is 0 Å². The maximum atomic E-state index is 12.1. The molecular weight excluding hydrogens is 228 g/mol. The Morgan fingerprint density at radius 2 is 2.06 bits per heavy atom. The van der Waals surface area contributed by atoms with Gasteiger partial charge in [0.2, 0.25) is 5.91 Å². The molecule has 1 aromatic rings. The Morgan fingerprint density at radius 3 is 2.72 bits per heavy atom. The predicted molar refractivity (Wildman–Crippen MR) is 70.7 cm³/mol. The molecule has 2 rings (SSSR count). The monoisotopic (exact) mass is 246 g/mol. The fourth-order valence-electron chi connectivity index (χ4n) is 2.19. The molecule has 1 fully saturated rings. The Labute approximate surface area is 107 Å². The largest absolute Gasteiger partial charge is 0.324 e. The third-order valence-corrected chi connectivity index (χ3v) is 3.19. The molecule has 1 amide bonds. The van der Waals surface area contributed by atoms with Gasteiger partial charge in [-0.05, 0) is 38.4 Å². The van der Waals surface area contributed by atoms with Crippen LogP contribution >= 0.6 is 0 Å². The summed E-state index contributed by atoms with van der Waals surface area (Å²) in [5.74, 6) is -0.0918. The van der Waals surface area contributed by atoms with Crippen molar-refractivity contribution in [3.05, 3.63) is 29.8 Å². The van der Waals surface area contributed by atoms with E-state index in [4.69, 9.17) is 0 Å². The van der Waals surface area contributed by atoms with Crippen LogP contribution in [0.1, 0.15) is 36.5 Å². The topological polar surface area (TPSA) is 58.2 Å². The van der Waals surface area contributed by atoms with Gasteiger partial charge in [-0.1, -0.05) is 18.6 Å². The summed E-state index contributed by atoms with van der Waals surface area (Å²) in [4.78, 5) is 23.5. The number of Topliss-reactive ketones (excluding diaryl/α,β-unsaturated/α-hetero) is 1. The first-order chi connectivity index (χ1) is 8.68. The highest BCUT2D eigenvalue weighted by atomic mass is 16.2. The van der Waals surface area contributed by atoms with Crippen LogP contribution in [0.3, 0.4) is 0 Å². The highest BCUT2D eigenvalue weighted by Crippen LogP contribution is 2.17. The van der Waals surface area contributed by atoms with E-state index in [-0.39, 0.29) is 17.7 Å². The van der Waals surface area contributed by atoms with Crippen molar-refractivity contribution in [2.24, 2.45) is 0 Å². The molecule has 0 bridgehead atoms. The van der Waals surface area contributed by atoms with Gasteiger partial charge in [-0.15, -0.1) is 0 Å². The Bertz CT molecular complexity index is 451. The van der Waals surface area contributed by atoms with Crippen LogP contribution in [0.15, 0.2) is 24.3 Å². The molecule has 0 spiro atoms. The fraction of sp³-hybridized carbons (Fsp3) is 0.429. The minimum Gasteiger partial charge on any atom is -0.324 e. The minimum atomic E-state index is -0.140. The number of piperidine rings is 1. The van der Waals surface area contributed by atoms with Gasteiger partial charge in [0.25, 0.3) is 0 Å². The molecule has 0 saturated carbocycles. The second-order valence-corrected chi connectivity index (χ2v) is 4.59. The van der Waals surface area contributed by atoms with E-state index in [1.54, 1.807) is 18.2 Å². The van der Waals surface area contributed by atoms with Crippen molar-refractivity contribution in [3.63, 3.8) is 0 Å². The summed E-state index contributed by atoms with van der Waals surface area (Å²) in [7, 11) is 0. The van der Waals surface area contributed by atoms with Crippen molar-refractivity contribution in [1.82, 2.24) is 5.32 Å². The quantitative estimate of drug-likeness (QED) is 0.802. The summed E-state index contributed by atoms with van der Waals surface area (Å²) in [6, 6.07) is 6.96. The summed E-state index contributed by atoms with van der Waals surface area (Å²) < 4.78 is 0. The lowest BCUT2D eigenvalue weighted by Crippen LogP contribution is -2.43. The summed E-state index contributed by atoms with van der Waals surface area (Å²) >= 11 is 0. The van der Waals surface area contributed by atoms with Crippen molar-refractivity contribution >= 4 is 17.4 Å². The molecule has 0 aromatic heterocycles. The standard InChI is InChI=1S/C14H18N2O2/c1-10(17)11-6-2-3-7-12(11)16-14(18)13-8-4-5-9-15-13/h2-3,6-7,13,15H,4-5,8-9H2,1H3,(H,16,18). The van der Waals surface area contributed by atoms with E-state index in [0.717, 1.165) is 25.8 Å². The van der Waals surface area contributed by atoms with Gasteiger partial charge in [-0.3, -0.25) is 9.59 Å². The second kappa shape index (κ2) is 5.78. The molecule has 0 aliphatic carbocycles. The number of amides is 1. The molecule has 0 radical (unpaired) electrons. The van der Waals surface area contributed by atoms with Crippen LogP contribution in [-0.4, -0.2) is 24.3 Å². The molecule has 4 nitrogen and oxygen atoms in total. The van der Waals surface area contributed by atoms with Gasteiger partial charge in [0.05, 0.1) is 11.7 Å². The van der Waals surface area contributed by atoms with Crippen LogP contribution in [0.4, 0.5) is 5.69 Å². The third-order valence-electron chi connectivity index (χ3n) is 3.19. The van der Waals surface area contributed by atoms with Crippen LogP contribution < -0.4 is 10.6 Å². The van der Waals surface area contributed by atoms with Crippen LogP contribution in [-0.2, 0) is 4.79 Å². The van der Waals surface area contributed by atoms with Crippen molar-refractivity contribution < 1.29 is 9.59 Å². The number of carbonyl (C=O) groups is 2. The molecule has 1 aromatic carbocycles. The molecule has 1 heterocycles. The number of nitrogens with one attached hydrogen (secondary N) is 2. The molecule has 1 aliphatic rings. The summed E-state index contributed by atoms with van der Waals surface area (Å²) in [5.41, 5.74) is 1.16. The van der Waals surface area contributed by atoms with E-state index in [2.05, 4.69) is 10.6 Å². The van der Waals surface area contributed by atoms with E-state index in [0.29, 0.717) is 11.3 Å². The summed E-state index contributed by atoms with van der Waals surface area (Å²) in [6.07, 6.45) is 3.04. The first kappa shape index (κ1) is 12.8. The Morgan fingerprint density at radius 1 is 1.28 bits per heavy atom. The van der Waals surface area contributed by atoms with Crippen LogP contribution in [0.2, 0.25) is 0 Å². The first-order valence-electron chi connectivity index (χ1n) is 6.32. The number of hydrogen-bond donors (Lipinski definition) is 2. The number of anilines is 1. The van der Waals surface area contributed by atoms with E-state index in [1.807, 2.05) is 6.07 Å². The second-order valence-electron chi connectivity index (χ2n) is 4.59. The Hall–Kier alpha value is -1.68. The van der Waals surface area contributed by atoms with Gasteiger partial charge in [0, 0.05) is 5.56 Å². The zero-order valence-electron chi connectivity index (χ0n) is 10.5. The van der Waals surface area contributed by atoms with E-state index in [9.17, 15) is 9.59 Å². The van der Waals surface area contributed by atoms with Crippen molar-refractivity contribution in [1.29, 1.82) is 0 Å². The van der Waals surface area contributed by atoms with Gasteiger partial charge in [-0.2, -0.15) is 0 Å². The zero-order chi connectivity index (χ0) is 13.0. The smallest absolute Gasteiger partial charge is 0.241 e. The normalized spacial score (nSPS) is 19.3. The average Bonchev–Trinajstić information content (AvgIpc) is 2.40. The number of carbonyl (C=O) groups excluding carboxylic acids is 2. The van der Waals surface area contributed by atoms with Crippen LogP contribution in [0, 0.1) is 0 Å². The predicted octanol–water partition coefficient (Wildman–Crippen LogP) is 1.97. The van der Waals surface area contributed by atoms with Gasteiger partial charge in [0.15, 0.2) is 5.78 Å². The van der Waals surface area contributed by atoms with Gasteiger partial charge in [0.1, 0.15) is 0 Å². The number of hydrogen-bond acceptors (Lipinski definition) is 3. The number of para-hydroxylation sites is 1. The van der Waals surface area contributed by atoms with E-state index >= 15 is 0 Å². The lowest BCUT2D eigenvalue weighted by atomic mass is 10.0. The number of ketones is 1. The molecule has 1 unspecified atom stereocenters. The molecule has 1 atom stereocenters. The first-order valence-corrected chi connectivity index (χ1v) is 6.32. The highest BCUT2D eigenvalue weighted by Gasteiger charge is 2.21. The van der Waals surface area contributed by atoms with E-state index < -0.39 is 0 Å². The van der Waals surface area contributed by atoms with Crippen molar-refractivity contribution in [2.75, 3.05) is 11.9 Å². The maximum absolute atomic E-state index is 12.1. The van der Waals surface area contributed by atoms with Crippen LogP contribution in [0.25, 0.3) is 0 Å². The van der Waals surface area contributed by atoms with Gasteiger partial charge in [-0.25, -0.2) is 0 Å². The highest BCUT2D eigenvalue weighted by molar-refractivity contribution is 6.04. The maximum Gasteiger partial charge on any atom is 0.241 e. The Balaban J connectivity index is 2.08. The molecule has 1 saturated heterocycles. The molecule has 2 N–H and O–H groups in total. The molecule has 18 heavy (non-hydrogen) atoms. The van der Waals surface area contributed by atoms with Gasteiger partial charge >= 0.3 is 0 Å². The summed E-state index contributed by atoms with van der Waals surface area (Å²) in [5, 5.41) is 6.03. The molecular formula is C14H18N2O2. The third kappa shape index (κ3) is 2.96. The Kier molecular flexibility index (Phi) is 4.10. The average molecular weight is 246 g/mol. The SMILES string of the molecule is CC(=O)c1ccccc1NC(=O)C1CCCCN1. The molecule has 4 heteroatoms.